The third kappa shape index (κ3) is 6.84. The normalized spacial score (nSPS) is 11.4. The fraction of sp³-hybridized carbons (Fsp3) is 0.333. The van der Waals surface area contributed by atoms with Crippen molar-refractivity contribution < 1.29 is 22.8 Å². The third-order valence-electron chi connectivity index (χ3n) is 5.18. The molecule has 3 aromatic rings. The Morgan fingerprint density at radius 3 is 2.31 bits per heavy atom. The van der Waals surface area contributed by atoms with Gasteiger partial charge in [0.1, 0.15) is 5.82 Å². The fourth-order valence-corrected chi connectivity index (χ4v) is 4.50. The smallest absolute Gasteiger partial charge is 0.326 e. The first-order chi connectivity index (χ1) is 16.5. The van der Waals surface area contributed by atoms with Gasteiger partial charge in [0.15, 0.2) is 5.16 Å². The number of rotatable bonds is 8. The number of aromatic nitrogens is 3. The van der Waals surface area contributed by atoms with Crippen LogP contribution in [0.5, 0.6) is 0 Å². The Bertz CT molecular complexity index is 1220. The highest BCUT2D eigenvalue weighted by atomic mass is 32.2. The number of thioether (sulfide) groups is 1. The maximum Gasteiger partial charge on any atom is 0.416 e. The predicted molar refractivity (Wildman–Crippen MR) is 129 cm³/mol. The molecule has 0 saturated carbocycles. The lowest BCUT2D eigenvalue weighted by Gasteiger charge is -2.13. The summed E-state index contributed by atoms with van der Waals surface area (Å²) in [6.07, 6.45) is -4.68. The van der Waals surface area contributed by atoms with Crippen LogP contribution in [0.4, 0.5) is 24.5 Å². The van der Waals surface area contributed by atoms with E-state index in [1.165, 1.54) is 23.9 Å². The van der Waals surface area contributed by atoms with Crippen molar-refractivity contribution in [2.45, 2.75) is 52.0 Å². The van der Waals surface area contributed by atoms with E-state index in [0.29, 0.717) is 17.5 Å². The van der Waals surface area contributed by atoms with Crippen molar-refractivity contribution >= 4 is 35.0 Å². The second kappa shape index (κ2) is 10.9. The van der Waals surface area contributed by atoms with Gasteiger partial charge in [-0.2, -0.15) is 13.2 Å². The van der Waals surface area contributed by atoms with Gasteiger partial charge < -0.3 is 15.2 Å². The van der Waals surface area contributed by atoms with E-state index in [9.17, 15) is 22.8 Å². The first-order valence-electron chi connectivity index (χ1n) is 10.9. The molecule has 11 heteroatoms. The Balaban J connectivity index is 1.62. The minimum absolute atomic E-state index is 0.0420. The van der Waals surface area contributed by atoms with Crippen LogP contribution in [0.15, 0.2) is 41.6 Å². The van der Waals surface area contributed by atoms with Crippen LogP contribution in [-0.2, 0) is 28.7 Å². The number of hydrogen-bond donors (Lipinski definition) is 2. The van der Waals surface area contributed by atoms with Crippen LogP contribution in [0.1, 0.15) is 35.0 Å². The summed E-state index contributed by atoms with van der Waals surface area (Å²) in [6.45, 7) is 8.18. The van der Waals surface area contributed by atoms with E-state index in [0.717, 1.165) is 34.5 Å². The average Bonchev–Trinajstić information content (AvgIpc) is 3.15. The maximum absolute atomic E-state index is 12.9. The number of halogens is 3. The third-order valence-corrected chi connectivity index (χ3v) is 6.14. The first kappa shape index (κ1) is 26.3. The number of anilines is 2. The lowest BCUT2D eigenvalue weighted by Crippen LogP contribution is -2.18. The molecular formula is C24H26F3N5O2S. The van der Waals surface area contributed by atoms with Crippen molar-refractivity contribution in [3.05, 3.63) is 64.5 Å². The number of nitrogens with one attached hydrogen (secondary N) is 2. The van der Waals surface area contributed by atoms with Gasteiger partial charge in [0.2, 0.25) is 11.8 Å². The standard InChI is InChI=1S/C24H26F3N5O2S/c1-5-32-19(12-20(33)28-18-8-6-7-17(11-18)24(25,26)27)30-31-23(32)35-13-21(34)29-22-15(3)9-14(2)10-16(22)4/h6-11H,5,12-13H2,1-4H3,(H,28,33)(H,29,34). The molecule has 35 heavy (non-hydrogen) atoms. The number of nitrogens with zero attached hydrogens (tertiary/aromatic N) is 3. The fourth-order valence-electron chi connectivity index (χ4n) is 3.68. The molecule has 2 aromatic carbocycles. The monoisotopic (exact) mass is 505 g/mol. The van der Waals surface area contributed by atoms with E-state index < -0.39 is 17.6 Å². The van der Waals surface area contributed by atoms with Gasteiger partial charge in [-0.15, -0.1) is 10.2 Å². The van der Waals surface area contributed by atoms with Gasteiger partial charge in [-0.1, -0.05) is 35.5 Å². The number of hydrogen-bond acceptors (Lipinski definition) is 5. The molecule has 0 aliphatic carbocycles. The molecule has 0 aliphatic heterocycles. The molecule has 2 amide bonds. The van der Waals surface area contributed by atoms with Gasteiger partial charge in [0, 0.05) is 17.9 Å². The first-order valence-corrected chi connectivity index (χ1v) is 11.9. The minimum Gasteiger partial charge on any atom is -0.326 e. The van der Waals surface area contributed by atoms with E-state index in [2.05, 4.69) is 20.8 Å². The van der Waals surface area contributed by atoms with E-state index in [4.69, 9.17) is 0 Å². The van der Waals surface area contributed by atoms with Gasteiger partial charge >= 0.3 is 6.18 Å². The number of carbonyl (C=O) groups excluding carboxylic acids is 2. The zero-order valence-corrected chi connectivity index (χ0v) is 20.6. The molecular weight excluding hydrogens is 479 g/mol. The largest absolute Gasteiger partial charge is 0.416 e. The number of alkyl halides is 3. The van der Waals surface area contributed by atoms with Crippen molar-refractivity contribution in [1.29, 1.82) is 0 Å². The van der Waals surface area contributed by atoms with Crippen LogP contribution in [0.3, 0.4) is 0 Å². The van der Waals surface area contributed by atoms with Crippen molar-refractivity contribution in [1.82, 2.24) is 14.8 Å². The summed E-state index contributed by atoms with van der Waals surface area (Å²) in [6, 6.07) is 8.42. The SMILES string of the molecule is CCn1c(CC(=O)Nc2cccc(C(F)(F)F)c2)nnc1SCC(=O)Nc1c(C)cc(C)cc1C. The second-order valence-electron chi connectivity index (χ2n) is 8.06. The van der Waals surface area contributed by atoms with Gasteiger partial charge in [0.05, 0.1) is 17.7 Å². The Labute approximate surface area is 205 Å². The highest BCUT2D eigenvalue weighted by Crippen LogP contribution is 2.30. The van der Waals surface area contributed by atoms with Gasteiger partial charge in [0.25, 0.3) is 0 Å². The molecule has 0 spiro atoms. The van der Waals surface area contributed by atoms with Crippen LogP contribution < -0.4 is 10.6 Å². The van der Waals surface area contributed by atoms with Crippen molar-refractivity contribution in [2.75, 3.05) is 16.4 Å². The lowest BCUT2D eigenvalue weighted by molar-refractivity contribution is -0.137. The second-order valence-corrected chi connectivity index (χ2v) is 9.00. The van der Waals surface area contributed by atoms with Crippen LogP contribution in [0, 0.1) is 20.8 Å². The molecule has 3 rings (SSSR count). The van der Waals surface area contributed by atoms with E-state index >= 15 is 0 Å². The summed E-state index contributed by atoms with van der Waals surface area (Å²) in [5.74, 6) is -0.267. The molecule has 0 fully saturated rings. The summed E-state index contributed by atoms with van der Waals surface area (Å²) in [7, 11) is 0. The minimum atomic E-state index is -4.50. The molecule has 186 valence electrons. The molecule has 1 aromatic heterocycles. The van der Waals surface area contributed by atoms with Crippen LogP contribution in [0.25, 0.3) is 0 Å². The van der Waals surface area contributed by atoms with Gasteiger partial charge in [-0.25, -0.2) is 0 Å². The number of benzene rings is 2. The van der Waals surface area contributed by atoms with E-state index in [1.807, 2.05) is 39.8 Å². The summed E-state index contributed by atoms with van der Waals surface area (Å²) >= 11 is 1.19. The number of carbonyl (C=O) groups is 2. The van der Waals surface area contributed by atoms with Crippen LogP contribution in [0.2, 0.25) is 0 Å². The predicted octanol–water partition coefficient (Wildman–Crippen LogP) is 5.15. The highest BCUT2D eigenvalue weighted by Gasteiger charge is 2.30. The van der Waals surface area contributed by atoms with Crippen molar-refractivity contribution in [2.24, 2.45) is 0 Å². The lowest BCUT2D eigenvalue weighted by atomic mass is 10.1. The molecule has 0 bridgehead atoms. The summed E-state index contributed by atoms with van der Waals surface area (Å²) in [5, 5.41) is 14.0. The van der Waals surface area contributed by atoms with E-state index in [-0.39, 0.29) is 23.8 Å². The van der Waals surface area contributed by atoms with E-state index in [1.54, 1.807) is 4.57 Å². The van der Waals surface area contributed by atoms with Gasteiger partial charge in [-0.3, -0.25) is 9.59 Å². The quantitative estimate of drug-likeness (QED) is 0.413. The highest BCUT2D eigenvalue weighted by molar-refractivity contribution is 7.99. The zero-order valence-electron chi connectivity index (χ0n) is 19.8. The van der Waals surface area contributed by atoms with Crippen molar-refractivity contribution in [3.8, 4) is 0 Å². The molecule has 0 saturated heterocycles. The molecule has 0 radical (unpaired) electrons. The maximum atomic E-state index is 12.9. The molecule has 0 aliphatic rings. The number of aryl methyl sites for hydroxylation is 3. The molecule has 7 nitrogen and oxygen atoms in total. The Morgan fingerprint density at radius 1 is 1.00 bits per heavy atom. The Hall–Kier alpha value is -3.34. The topological polar surface area (TPSA) is 88.9 Å². The summed E-state index contributed by atoms with van der Waals surface area (Å²) in [4.78, 5) is 25.0. The van der Waals surface area contributed by atoms with Crippen LogP contribution in [-0.4, -0.2) is 32.3 Å². The average molecular weight is 506 g/mol. The summed E-state index contributed by atoms with van der Waals surface area (Å²) < 4.78 is 40.4. The molecule has 1 heterocycles. The molecule has 0 atom stereocenters. The zero-order chi connectivity index (χ0) is 25.8. The Kier molecular flexibility index (Phi) is 8.21. The number of amides is 2. The van der Waals surface area contributed by atoms with Gasteiger partial charge in [-0.05, 0) is 57.0 Å². The molecule has 2 N–H and O–H groups in total. The van der Waals surface area contributed by atoms with Crippen molar-refractivity contribution in [3.63, 3.8) is 0 Å². The Morgan fingerprint density at radius 2 is 1.69 bits per heavy atom. The molecule has 0 unspecified atom stereocenters. The summed E-state index contributed by atoms with van der Waals surface area (Å²) in [5.41, 5.74) is 3.05. The van der Waals surface area contributed by atoms with Crippen LogP contribution >= 0.6 is 11.8 Å².